The van der Waals surface area contributed by atoms with E-state index in [2.05, 4.69) is 20.2 Å². The molecule has 0 amide bonds. The Kier molecular flexibility index (Phi) is 5.69. The molecule has 3 aromatic heterocycles. The lowest BCUT2D eigenvalue weighted by Crippen LogP contribution is -2.11. The van der Waals surface area contributed by atoms with E-state index >= 15 is 0 Å². The van der Waals surface area contributed by atoms with Crippen molar-refractivity contribution in [2.75, 3.05) is 6.61 Å². The minimum atomic E-state index is 0.384. The van der Waals surface area contributed by atoms with Crippen LogP contribution in [0.5, 0.6) is 5.75 Å². The number of fused-ring (bicyclic) bond motifs is 1. The average molecular weight is 424 g/mol. The number of rotatable bonds is 7. The van der Waals surface area contributed by atoms with Crippen molar-refractivity contribution in [2.24, 2.45) is 5.73 Å². The van der Waals surface area contributed by atoms with E-state index in [1.807, 2.05) is 30.3 Å². The third-order valence-electron chi connectivity index (χ3n) is 4.43. The maximum Gasteiger partial charge on any atom is 0.148 e. The summed E-state index contributed by atoms with van der Waals surface area (Å²) in [7, 11) is 0. The maximum absolute atomic E-state index is 6.37. The molecule has 8 heteroatoms. The summed E-state index contributed by atoms with van der Waals surface area (Å²) >= 11 is 11.4. The van der Waals surface area contributed by atoms with E-state index in [4.69, 9.17) is 34.3 Å². The summed E-state index contributed by atoms with van der Waals surface area (Å²) in [5.41, 5.74) is 9.76. The van der Waals surface area contributed by atoms with Gasteiger partial charge in [-0.25, -0.2) is 0 Å². The van der Waals surface area contributed by atoms with Crippen LogP contribution in [0.25, 0.3) is 22.2 Å². The standard InChI is InChI=1S/C21H18ClN5OS/c22-16-5-3-8-25-20(16)13-10-15-17(12-19(23)29)26-27-21(15)18(11-13)28-9-6-14-4-1-2-7-24-14/h1-5,7-8,10-11H,6,9,12H2,(H2,23,29)(H,26,27). The highest BCUT2D eigenvalue weighted by Crippen LogP contribution is 2.35. The van der Waals surface area contributed by atoms with E-state index in [9.17, 15) is 0 Å². The normalized spacial score (nSPS) is 10.9. The summed E-state index contributed by atoms with van der Waals surface area (Å²) in [4.78, 5) is 9.13. The summed E-state index contributed by atoms with van der Waals surface area (Å²) in [6, 6.07) is 13.3. The molecular weight excluding hydrogens is 406 g/mol. The predicted molar refractivity (Wildman–Crippen MR) is 118 cm³/mol. The molecule has 4 rings (SSSR count). The Morgan fingerprint density at radius 3 is 2.76 bits per heavy atom. The van der Waals surface area contributed by atoms with E-state index < -0.39 is 0 Å². The largest absolute Gasteiger partial charge is 0.491 e. The van der Waals surface area contributed by atoms with Crippen LogP contribution in [-0.2, 0) is 12.8 Å². The fourth-order valence-corrected chi connectivity index (χ4v) is 3.48. The van der Waals surface area contributed by atoms with Gasteiger partial charge in [0.15, 0.2) is 0 Å². The highest BCUT2D eigenvalue weighted by atomic mass is 35.5. The molecule has 6 nitrogen and oxygen atoms in total. The minimum absolute atomic E-state index is 0.384. The number of aromatic amines is 1. The van der Waals surface area contributed by atoms with Gasteiger partial charge in [0.1, 0.15) is 11.3 Å². The molecule has 3 N–H and O–H groups in total. The zero-order valence-corrected chi connectivity index (χ0v) is 17.0. The molecule has 0 radical (unpaired) electrons. The molecule has 29 heavy (non-hydrogen) atoms. The Morgan fingerprint density at radius 2 is 2.00 bits per heavy atom. The number of hydrogen-bond donors (Lipinski definition) is 2. The molecule has 0 atom stereocenters. The zero-order valence-electron chi connectivity index (χ0n) is 15.4. The van der Waals surface area contributed by atoms with Crippen molar-refractivity contribution in [3.8, 4) is 17.0 Å². The number of aromatic nitrogens is 4. The van der Waals surface area contributed by atoms with Crippen molar-refractivity contribution in [1.82, 2.24) is 20.2 Å². The first-order chi connectivity index (χ1) is 14.1. The van der Waals surface area contributed by atoms with Gasteiger partial charge >= 0.3 is 0 Å². The lowest BCUT2D eigenvalue weighted by molar-refractivity contribution is 0.324. The van der Waals surface area contributed by atoms with E-state index in [-0.39, 0.29) is 0 Å². The van der Waals surface area contributed by atoms with Crippen molar-refractivity contribution < 1.29 is 4.74 Å². The molecule has 4 aromatic rings. The molecule has 0 fully saturated rings. The second kappa shape index (κ2) is 8.55. The third-order valence-corrected chi connectivity index (χ3v) is 4.88. The lowest BCUT2D eigenvalue weighted by Gasteiger charge is -2.10. The number of benzene rings is 1. The van der Waals surface area contributed by atoms with Gasteiger partial charge in [0.2, 0.25) is 0 Å². The molecule has 0 aliphatic heterocycles. The molecule has 0 aliphatic carbocycles. The van der Waals surface area contributed by atoms with Crippen LogP contribution in [0.15, 0.2) is 54.9 Å². The Bertz CT molecular complexity index is 1160. The van der Waals surface area contributed by atoms with Gasteiger partial charge in [-0.1, -0.05) is 29.9 Å². The van der Waals surface area contributed by atoms with Gasteiger partial charge in [0.25, 0.3) is 0 Å². The molecule has 0 bridgehead atoms. The number of nitrogens with one attached hydrogen (secondary N) is 1. The molecule has 1 aromatic carbocycles. The van der Waals surface area contributed by atoms with Gasteiger partial charge < -0.3 is 10.5 Å². The molecule has 0 spiro atoms. The van der Waals surface area contributed by atoms with Gasteiger partial charge in [0.05, 0.1) is 22.3 Å². The summed E-state index contributed by atoms with van der Waals surface area (Å²) < 4.78 is 6.09. The number of pyridine rings is 2. The van der Waals surface area contributed by atoms with Gasteiger partial charge in [0, 0.05) is 47.6 Å². The van der Waals surface area contributed by atoms with Crippen LogP contribution in [-0.4, -0.2) is 31.8 Å². The number of nitrogens with two attached hydrogens (primary N) is 1. The Morgan fingerprint density at radius 1 is 1.14 bits per heavy atom. The third kappa shape index (κ3) is 4.36. The highest BCUT2D eigenvalue weighted by molar-refractivity contribution is 7.80. The van der Waals surface area contributed by atoms with Crippen LogP contribution in [0, 0.1) is 0 Å². The number of ether oxygens (including phenoxy) is 1. The zero-order chi connectivity index (χ0) is 20.2. The van der Waals surface area contributed by atoms with Crippen LogP contribution in [0.4, 0.5) is 0 Å². The summed E-state index contributed by atoms with van der Waals surface area (Å²) in [5.74, 6) is 0.639. The lowest BCUT2D eigenvalue weighted by atomic mass is 10.1. The molecule has 0 aliphatic rings. The first kappa shape index (κ1) is 19.3. The van der Waals surface area contributed by atoms with Gasteiger partial charge in [-0.05, 0) is 36.4 Å². The second-order valence-corrected chi connectivity index (χ2v) is 7.40. The van der Waals surface area contributed by atoms with Crippen LogP contribution < -0.4 is 10.5 Å². The number of nitrogens with zero attached hydrogens (tertiary/aromatic N) is 3. The Hall–Kier alpha value is -3.03. The van der Waals surface area contributed by atoms with Crippen molar-refractivity contribution in [3.63, 3.8) is 0 Å². The molecule has 146 valence electrons. The van der Waals surface area contributed by atoms with E-state index in [0.717, 1.165) is 22.3 Å². The molecule has 0 unspecified atom stereocenters. The Balaban J connectivity index is 1.72. The Labute approximate surface area is 178 Å². The first-order valence-corrected chi connectivity index (χ1v) is 9.83. The van der Waals surface area contributed by atoms with E-state index in [1.165, 1.54) is 0 Å². The number of thiocarbonyl (C=S) groups is 1. The quantitative estimate of drug-likeness (QED) is 0.434. The predicted octanol–water partition coefficient (Wildman–Crippen LogP) is 4.12. The van der Waals surface area contributed by atoms with Gasteiger partial charge in [-0.2, -0.15) is 5.10 Å². The topological polar surface area (TPSA) is 89.7 Å². The molecule has 0 saturated carbocycles. The number of H-pyrrole nitrogens is 1. The van der Waals surface area contributed by atoms with Gasteiger partial charge in [-0.3, -0.25) is 15.1 Å². The van der Waals surface area contributed by atoms with Crippen LogP contribution in [0.1, 0.15) is 11.4 Å². The molecule has 3 heterocycles. The fourth-order valence-electron chi connectivity index (χ4n) is 3.10. The smallest absolute Gasteiger partial charge is 0.148 e. The van der Waals surface area contributed by atoms with E-state index in [0.29, 0.717) is 46.4 Å². The maximum atomic E-state index is 6.37. The van der Waals surface area contributed by atoms with Crippen LogP contribution in [0.3, 0.4) is 0 Å². The van der Waals surface area contributed by atoms with Gasteiger partial charge in [-0.15, -0.1) is 0 Å². The first-order valence-electron chi connectivity index (χ1n) is 9.04. The molecule has 0 saturated heterocycles. The molecular formula is C21H18ClN5OS. The van der Waals surface area contributed by atoms with Crippen molar-refractivity contribution in [3.05, 3.63) is 71.3 Å². The summed E-state index contributed by atoms with van der Waals surface area (Å²) in [6.07, 6.45) is 4.57. The number of halogens is 1. The van der Waals surface area contributed by atoms with Crippen molar-refractivity contribution >= 4 is 39.7 Å². The minimum Gasteiger partial charge on any atom is -0.491 e. The average Bonchev–Trinajstić information content (AvgIpc) is 3.11. The fraction of sp³-hybridized carbons (Fsp3) is 0.143. The van der Waals surface area contributed by atoms with Crippen LogP contribution in [0.2, 0.25) is 5.02 Å². The monoisotopic (exact) mass is 423 g/mol. The van der Waals surface area contributed by atoms with Crippen molar-refractivity contribution in [1.29, 1.82) is 0 Å². The highest BCUT2D eigenvalue weighted by Gasteiger charge is 2.16. The van der Waals surface area contributed by atoms with Crippen LogP contribution >= 0.6 is 23.8 Å². The summed E-state index contributed by atoms with van der Waals surface area (Å²) in [6.45, 7) is 0.461. The second-order valence-electron chi connectivity index (χ2n) is 6.47. The van der Waals surface area contributed by atoms with Crippen molar-refractivity contribution in [2.45, 2.75) is 12.8 Å². The summed E-state index contributed by atoms with van der Waals surface area (Å²) in [5, 5.41) is 8.88. The number of hydrogen-bond acceptors (Lipinski definition) is 5. The van der Waals surface area contributed by atoms with E-state index in [1.54, 1.807) is 24.5 Å². The SMILES string of the molecule is NC(=S)Cc1[nH]nc2c(OCCc3ccccn3)cc(-c3ncccc3Cl)cc12.